The fourth-order valence-electron chi connectivity index (χ4n) is 14.3. The van der Waals surface area contributed by atoms with E-state index in [0.29, 0.717) is 81.9 Å². The molecule has 514 valence electrons. The van der Waals surface area contributed by atoms with Gasteiger partial charge < -0.3 is 13.7 Å². The van der Waals surface area contributed by atoms with E-state index in [1.54, 1.807) is 18.6 Å². The number of nitrogens with zero attached hydrogens (tertiary/aromatic N) is 6. The Hall–Kier alpha value is -13.0. The molecule has 1 unspecified atom stereocenters. The van der Waals surface area contributed by atoms with Crippen LogP contribution in [-0.4, -0.2) is 29.9 Å². The molecule has 0 fully saturated rings. The molecule has 0 aliphatic heterocycles. The number of aromatic nitrogens is 6. The average Bonchev–Trinajstić information content (AvgIpc) is 0.764. The molecule has 4 aromatic heterocycles. The summed E-state index contributed by atoms with van der Waals surface area (Å²) in [5, 5.41) is 5.81. The molecule has 108 heavy (non-hydrogen) atoms. The zero-order chi connectivity index (χ0) is 72.9. The lowest BCUT2D eigenvalue weighted by atomic mass is 9.89. The summed E-state index contributed by atoms with van der Waals surface area (Å²) >= 11 is 0. The molecule has 17 rings (SSSR count). The van der Waals surface area contributed by atoms with Crippen molar-refractivity contribution < 1.29 is 13.7 Å². The molecule has 0 amide bonds. The van der Waals surface area contributed by atoms with E-state index >= 15 is 13.7 Å². The van der Waals surface area contributed by atoms with Gasteiger partial charge in [0.15, 0.2) is 38.9 Å². The fourth-order valence-corrected chi connectivity index (χ4v) is 22.4. The molecular weight excluding hydrogens is 1380 g/mol. The Morgan fingerprint density at radius 3 is 0.667 bits per heavy atom. The van der Waals surface area contributed by atoms with Crippen molar-refractivity contribution in [3.8, 4) is 112 Å². The highest BCUT2D eigenvalue weighted by molar-refractivity contribution is 7.86. The highest BCUT2D eigenvalue weighted by Gasteiger charge is 2.34. The van der Waals surface area contributed by atoms with E-state index in [2.05, 4.69) is 130 Å². The SMILES string of the molecule is O=P(c1ccccc1)(c1ccccc1)c1cccc(-c2nc(-c3cccc(P(=O)(c4ccccc4)c4ccccc4)c3)nc(-c3cccc(P(=O)(c4ccccc4)c4ccc(-c5cc(-c6cccnc6)cc(-c6cc(-c7cccc(-c8cccnc8)c7)cc(-c7cccc(-c8cccnc8)c7)c6)c5)cc4)c3)n2)c1. The minimum atomic E-state index is -3.72. The van der Waals surface area contributed by atoms with Crippen LogP contribution < -0.4 is 47.7 Å². The van der Waals surface area contributed by atoms with Crippen LogP contribution in [0.1, 0.15) is 0 Å². The molecule has 9 nitrogen and oxygen atoms in total. The third-order valence-electron chi connectivity index (χ3n) is 19.8. The van der Waals surface area contributed by atoms with Gasteiger partial charge in [0.2, 0.25) is 0 Å². The molecule has 4 heterocycles. The second-order valence-corrected chi connectivity index (χ2v) is 34.8. The van der Waals surface area contributed by atoms with Gasteiger partial charge >= 0.3 is 0 Å². The third-order valence-corrected chi connectivity index (χ3v) is 28.9. The summed E-state index contributed by atoms with van der Waals surface area (Å²) in [5.41, 5.74) is 16.1. The van der Waals surface area contributed by atoms with Crippen molar-refractivity contribution >= 4 is 69.2 Å². The van der Waals surface area contributed by atoms with Crippen LogP contribution in [0.2, 0.25) is 0 Å². The summed E-state index contributed by atoms with van der Waals surface area (Å²) in [7, 11) is -10.6. The van der Waals surface area contributed by atoms with Gasteiger partial charge in [-0.2, -0.15) is 0 Å². The first-order chi connectivity index (χ1) is 53.1. The number of rotatable bonds is 19. The van der Waals surface area contributed by atoms with Gasteiger partial charge in [0.05, 0.1) is 0 Å². The Morgan fingerprint density at radius 1 is 0.157 bits per heavy atom. The zero-order valence-electron chi connectivity index (χ0n) is 58.4. The Morgan fingerprint density at radius 2 is 0.370 bits per heavy atom. The maximum absolute atomic E-state index is 17.0. The van der Waals surface area contributed by atoms with Crippen molar-refractivity contribution in [1.82, 2.24) is 29.9 Å². The van der Waals surface area contributed by atoms with Gasteiger partial charge in [-0.15, -0.1) is 0 Å². The van der Waals surface area contributed by atoms with Gasteiger partial charge in [-0.05, 0) is 146 Å². The Labute approximate surface area is 628 Å². The van der Waals surface area contributed by atoms with Gasteiger partial charge in [-0.3, -0.25) is 15.0 Å². The highest BCUT2D eigenvalue weighted by atomic mass is 31.2. The molecule has 12 heteroatoms. The molecule has 0 spiro atoms. The zero-order valence-corrected chi connectivity index (χ0v) is 61.1. The van der Waals surface area contributed by atoms with E-state index in [4.69, 9.17) is 15.0 Å². The van der Waals surface area contributed by atoms with Crippen molar-refractivity contribution in [3.63, 3.8) is 0 Å². The van der Waals surface area contributed by atoms with Crippen LogP contribution in [0.15, 0.2) is 407 Å². The molecule has 0 saturated carbocycles. The quantitative estimate of drug-likeness (QED) is 0.0727. The van der Waals surface area contributed by atoms with Gasteiger partial charge in [0, 0.05) is 118 Å². The van der Waals surface area contributed by atoms with E-state index in [-0.39, 0.29) is 0 Å². The van der Waals surface area contributed by atoms with Gasteiger partial charge in [0.1, 0.15) is 0 Å². The monoisotopic (exact) mass is 1440 g/mol. The van der Waals surface area contributed by atoms with Crippen LogP contribution >= 0.6 is 21.4 Å². The highest BCUT2D eigenvalue weighted by Crippen LogP contribution is 2.47. The summed E-state index contributed by atoms with van der Waals surface area (Å²) in [6, 6.07) is 122. The lowest BCUT2D eigenvalue weighted by Gasteiger charge is -2.21. The van der Waals surface area contributed by atoms with E-state index in [1.807, 2.05) is 273 Å². The third kappa shape index (κ3) is 13.6. The number of hydrogen-bond donors (Lipinski definition) is 0. The maximum Gasteiger partial charge on any atom is 0.171 e. The second kappa shape index (κ2) is 29.9. The van der Waals surface area contributed by atoms with E-state index in [0.717, 1.165) is 77.9 Å². The van der Waals surface area contributed by atoms with Crippen molar-refractivity contribution in [2.24, 2.45) is 0 Å². The second-order valence-electron chi connectivity index (χ2n) is 26.5. The lowest BCUT2D eigenvalue weighted by molar-refractivity contribution is 0.591. The van der Waals surface area contributed by atoms with Crippen molar-refractivity contribution in [2.75, 3.05) is 0 Å². The summed E-state index contributed by atoms with van der Waals surface area (Å²) < 4.78 is 49.0. The van der Waals surface area contributed by atoms with E-state index < -0.39 is 21.4 Å². The fraction of sp³-hybridized carbons (Fsp3) is 0. The maximum atomic E-state index is 17.0. The predicted octanol–water partition coefficient (Wildman–Crippen LogP) is 19.6. The van der Waals surface area contributed by atoms with Crippen molar-refractivity contribution in [3.05, 3.63) is 407 Å². The molecule has 17 aromatic rings. The minimum Gasteiger partial charge on any atom is -0.309 e. The van der Waals surface area contributed by atoms with Crippen LogP contribution in [-0.2, 0) is 13.7 Å². The van der Waals surface area contributed by atoms with Crippen molar-refractivity contribution in [2.45, 2.75) is 0 Å². The molecule has 0 saturated heterocycles. The molecule has 13 aromatic carbocycles. The van der Waals surface area contributed by atoms with Crippen LogP contribution in [0.3, 0.4) is 0 Å². The van der Waals surface area contributed by atoms with Crippen LogP contribution in [0.5, 0.6) is 0 Å². The van der Waals surface area contributed by atoms with E-state index in [9.17, 15) is 0 Å². The average molecular weight is 1450 g/mol. The Bertz CT molecular complexity index is 5920. The molecule has 0 bridgehead atoms. The standard InChI is InChI=1S/C96H67N6O3P3/c103-106(85-34-6-1-7-35-85,86-36-8-2-9-37-86)91-44-18-28-73(62-91)94-100-95(74-29-19-45-92(63-74)107(104,87-38-10-3-11-39-87)88-40-12-4-13-41-88)102-96(101-94)75-30-20-46-93(64-75)108(105,89-42-14-5-15-43-89)90-49-47-68(48-50-90)79-56-82(78-33-23-53-99-67-78)61-83(57-79)84-59-80(71-26-16-24-69(54-71)76-31-21-51-97-65-76)58-81(60-84)72-27-17-25-70(55-72)77-32-22-52-98-66-77/h1-67H. The molecule has 0 N–H and O–H groups in total. The summed E-state index contributed by atoms with van der Waals surface area (Å²) in [5.74, 6) is 0.946. The van der Waals surface area contributed by atoms with Gasteiger partial charge in [-0.1, -0.05) is 285 Å². The van der Waals surface area contributed by atoms with Crippen LogP contribution in [0.4, 0.5) is 0 Å². The first-order valence-electron chi connectivity index (χ1n) is 35.6. The van der Waals surface area contributed by atoms with Gasteiger partial charge in [0.25, 0.3) is 0 Å². The molecular formula is C96H67N6O3P3. The molecule has 0 radical (unpaired) electrons. The van der Waals surface area contributed by atoms with Crippen LogP contribution in [0.25, 0.3) is 112 Å². The summed E-state index contributed by atoms with van der Waals surface area (Å²) in [4.78, 5) is 29.4. The van der Waals surface area contributed by atoms with Crippen LogP contribution in [0, 0.1) is 0 Å². The Kier molecular flexibility index (Phi) is 18.8. The molecule has 1 atom stereocenters. The first kappa shape index (κ1) is 68.1. The summed E-state index contributed by atoms with van der Waals surface area (Å²) in [6.07, 6.45) is 11.1. The molecule has 0 aliphatic rings. The normalized spacial score (nSPS) is 12.1. The Balaban J connectivity index is 0.790. The smallest absolute Gasteiger partial charge is 0.171 e. The summed E-state index contributed by atoms with van der Waals surface area (Å²) in [6.45, 7) is 0. The predicted molar refractivity (Wildman–Crippen MR) is 446 cm³/mol. The number of hydrogen-bond acceptors (Lipinski definition) is 9. The number of benzene rings is 13. The molecule has 0 aliphatic carbocycles. The van der Waals surface area contributed by atoms with Gasteiger partial charge in [-0.25, -0.2) is 15.0 Å². The minimum absolute atomic E-state index is 0.310. The van der Waals surface area contributed by atoms with Crippen molar-refractivity contribution in [1.29, 1.82) is 0 Å². The lowest BCUT2D eigenvalue weighted by Crippen LogP contribution is -2.25. The topological polar surface area (TPSA) is 129 Å². The largest absolute Gasteiger partial charge is 0.309 e. The van der Waals surface area contributed by atoms with E-state index in [1.165, 1.54) is 0 Å². The first-order valence-corrected chi connectivity index (χ1v) is 40.7. The number of pyridine rings is 3.